The van der Waals surface area contributed by atoms with E-state index in [4.69, 9.17) is 11.1 Å². The van der Waals surface area contributed by atoms with Gasteiger partial charge in [0.25, 0.3) is 0 Å². The quantitative estimate of drug-likeness (QED) is 0.311. The topological polar surface area (TPSA) is 93.0 Å². The van der Waals surface area contributed by atoms with Crippen molar-refractivity contribution in [3.05, 3.63) is 10.1 Å². The molecule has 0 bridgehead atoms. The maximum Gasteiger partial charge on any atom is 0.209 e. The van der Waals surface area contributed by atoms with Crippen LogP contribution in [0, 0.1) is 20.9 Å². The van der Waals surface area contributed by atoms with E-state index >= 15 is 0 Å². The highest BCUT2D eigenvalue weighted by atomic mass is 16.6. The average molecular weight is 199 g/mol. The van der Waals surface area contributed by atoms with Crippen LogP contribution < -0.4 is 5.73 Å². The van der Waals surface area contributed by atoms with Crippen LogP contribution in [0.25, 0.3) is 0 Å². The van der Waals surface area contributed by atoms with Gasteiger partial charge >= 0.3 is 0 Å². The summed E-state index contributed by atoms with van der Waals surface area (Å²) in [6.07, 6.45) is 5.27. The molecule has 0 unspecified atom stereocenters. The first-order chi connectivity index (χ1) is 6.54. The summed E-state index contributed by atoms with van der Waals surface area (Å²) in [7, 11) is 0. The minimum atomic E-state index is -0.326. The van der Waals surface area contributed by atoms with Crippen LogP contribution in [0.1, 0.15) is 38.5 Å². The highest BCUT2D eigenvalue weighted by Crippen LogP contribution is 2.39. The van der Waals surface area contributed by atoms with E-state index in [0.717, 1.165) is 32.1 Å². The maximum atomic E-state index is 10.5. The Morgan fingerprint density at radius 2 is 2.00 bits per heavy atom. The fourth-order valence-electron chi connectivity index (χ4n) is 2.37. The van der Waals surface area contributed by atoms with Gasteiger partial charge in [0.15, 0.2) is 0 Å². The van der Waals surface area contributed by atoms with Crippen molar-refractivity contribution in [1.29, 1.82) is 5.41 Å². The summed E-state index contributed by atoms with van der Waals surface area (Å²) in [5.41, 5.74) is 5.02. The zero-order valence-corrected chi connectivity index (χ0v) is 8.29. The Hall–Kier alpha value is -1.13. The fraction of sp³-hybridized carbons (Fsp3) is 0.889. The zero-order valence-electron chi connectivity index (χ0n) is 8.29. The molecule has 0 saturated heterocycles. The molecule has 1 aliphatic carbocycles. The summed E-state index contributed by atoms with van der Waals surface area (Å²) < 4.78 is 0. The number of amidine groups is 1. The number of nitrogens with one attached hydrogen (secondary N) is 1. The average Bonchev–Trinajstić information content (AvgIpc) is 2.01. The van der Waals surface area contributed by atoms with Crippen molar-refractivity contribution in [2.45, 2.75) is 38.5 Å². The van der Waals surface area contributed by atoms with Crippen molar-refractivity contribution >= 4 is 5.84 Å². The monoisotopic (exact) mass is 199 g/mol. The van der Waals surface area contributed by atoms with E-state index in [1.807, 2.05) is 0 Å². The summed E-state index contributed by atoms with van der Waals surface area (Å²) in [6.45, 7) is -0.0351. The van der Waals surface area contributed by atoms with Gasteiger partial charge in [-0.15, -0.1) is 0 Å². The Labute approximate surface area is 83.3 Å². The van der Waals surface area contributed by atoms with Gasteiger partial charge in [-0.25, -0.2) is 0 Å². The van der Waals surface area contributed by atoms with Crippen LogP contribution in [-0.2, 0) is 0 Å². The van der Waals surface area contributed by atoms with E-state index < -0.39 is 0 Å². The molecule has 0 radical (unpaired) electrons. The molecule has 0 aromatic heterocycles. The predicted octanol–water partition coefficient (Wildman–Crippen LogP) is 1.54. The standard InChI is InChI=1S/C9H17N3O2/c10-8(11)6-9(7-12(13)14)4-2-1-3-5-9/h1-7H2,(H3,10,11). The van der Waals surface area contributed by atoms with Crippen molar-refractivity contribution < 1.29 is 4.92 Å². The van der Waals surface area contributed by atoms with Crippen LogP contribution >= 0.6 is 0 Å². The molecule has 5 heteroatoms. The zero-order chi connectivity index (χ0) is 10.6. The number of nitro groups is 1. The molecule has 5 nitrogen and oxygen atoms in total. The smallest absolute Gasteiger partial charge is 0.209 e. The number of nitrogens with two attached hydrogens (primary N) is 1. The summed E-state index contributed by atoms with van der Waals surface area (Å²) >= 11 is 0. The van der Waals surface area contributed by atoms with Gasteiger partial charge in [0, 0.05) is 16.8 Å². The number of hydrogen-bond donors (Lipinski definition) is 2. The number of rotatable bonds is 4. The second-order valence-corrected chi connectivity index (χ2v) is 4.25. The van der Waals surface area contributed by atoms with E-state index in [9.17, 15) is 10.1 Å². The SMILES string of the molecule is N=C(N)CC1(C[N+](=O)[O-])CCCCC1. The largest absolute Gasteiger partial charge is 0.388 e. The Morgan fingerprint density at radius 3 is 2.43 bits per heavy atom. The molecule has 1 fully saturated rings. The molecule has 0 atom stereocenters. The van der Waals surface area contributed by atoms with E-state index in [2.05, 4.69) is 0 Å². The molecule has 0 amide bonds. The summed E-state index contributed by atoms with van der Waals surface area (Å²) in [6, 6.07) is 0. The summed E-state index contributed by atoms with van der Waals surface area (Å²) in [5.74, 6) is 0.0775. The summed E-state index contributed by atoms with van der Waals surface area (Å²) in [4.78, 5) is 10.3. The van der Waals surface area contributed by atoms with Crippen molar-refractivity contribution in [2.75, 3.05) is 6.54 Å². The molecule has 0 heterocycles. The lowest BCUT2D eigenvalue weighted by atomic mass is 9.71. The lowest BCUT2D eigenvalue weighted by Gasteiger charge is -2.33. The van der Waals surface area contributed by atoms with E-state index in [-0.39, 0.29) is 22.7 Å². The summed E-state index contributed by atoms with van der Waals surface area (Å²) in [5, 5.41) is 17.8. The van der Waals surface area contributed by atoms with Crippen molar-refractivity contribution in [2.24, 2.45) is 11.1 Å². The molecule has 1 saturated carbocycles. The molecule has 1 aliphatic rings. The van der Waals surface area contributed by atoms with Crippen LogP contribution in [0.2, 0.25) is 0 Å². The van der Waals surface area contributed by atoms with Crippen molar-refractivity contribution in [1.82, 2.24) is 0 Å². The van der Waals surface area contributed by atoms with Gasteiger partial charge in [0.1, 0.15) is 0 Å². The minimum Gasteiger partial charge on any atom is -0.388 e. The molecule has 1 rings (SSSR count). The maximum absolute atomic E-state index is 10.5. The van der Waals surface area contributed by atoms with Gasteiger partial charge in [-0.1, -0.05) is 19.3 Å². The van der Waals surface area contributed by atoms with E-state index in [1.54, 1.807) is 0 Å². The molecule has 14 heavy (non-hydrogen) atoms. The Balaban J connectivity index is 2.66. The van der Waals surface area contributed by atoms with Gasteiger partial charge in [-0.05, 0) is 12.8 Å². The van der Waals surface area contributed by atoms with E-state index in [0.29, 0.717) is 6.42 Å². The second-order valence-electron chi connectivity index (χ2n) is 4.25. The van der Waals surface area contributed by atoms with Crippen LogP contribution in [0.5, 0.6) is 0 Å². The molecular formula is C9H17N3O2. The highest BCUT2D eigenvalue weighted by molar-refractivity contribution is 5.77. The fourth-order valence-corrected chi connectivity index (χ4v) is 2.37. The molecule has 3 N–H and O–H groups in total. The molecule has 0 aromatic carbocycles. The van der Waals surface area contributed by atoms with Gasteiger partial charge in [0.2, 0.25) is 6.54 Å². The highest BCUT2D eigenvalue weighted by Gasteiger charge is 2.37. The van der Waals surface area contributed by atoms with Crippen LogP contribution in [0.3, 0.4) is 0 Å². The Morgan fingerprint density at radius 1 is 1.43 bits per heavy atom. The third-order valence-corrected chi connectivity index (χ3v) is 2.94. The molecule has 80 valence electrons. The van der Waals surface area contributed by atoms with E-state index in [1.165, 1.54) is 0 Å². The number of hydrogen-bond acceptors (Lipinski definition) is 3. The van der Waals surface area contributed by atoms with Crippen LogP contribution in [0.4, 0.5) is 0 Å². The lowest BCUT2D eigenvalue weighted by Crippen LogP contribution is -2.36. The van der Waals surface area contributed by atoms with Crippen LogP contribution in [0.15, 0.2) is 0 Å². The van der Waals surface area contributed by atoms with Crippen molar-refractivity contribution in [3.63, 3.8) is 0 Å². The second kappa shape index (κ2) is 4.39. The van der Waals surface area contributed by atoms with Gasteiger partial charge in [-0.2, -0.15) is 0 Å². The van der Waals surface area contributed by atoms with Crippen LogP contribution in [-0.4, -0.2) is 17.3 Å². The minimum absolute atomic E-state index is 0.0351. The predicted molar refractivity (Wildman–Crippen MR) is 53.9 cm³/mol. The molecular weight excluding hydrogens is 182 g/mol. The molecule has 0 spiro atoms. The first-order valence-corrected chi connectivity index (χ1v) is 4.99. The normalized spacial score (nSPS) is 20.3. The molecule has 0 aromatic rings. The third-order valence-electron chi connectivity index (χ3n) is 2.94. The van der Waals surface area contributed by atoms with Gasteiger partial charge in [-0.3, -0.25) is 15.5 Å². The first kappa shape index (κ1) is 10.9. The Kier molecular flexibility index (Phi) is 3.43. The first-order valence-electron chi connectivity index (χ1n) is 4.99. The van der Waals surface area contributed by atoms with Gasteiger partial charge in [0.05, 0.1) is 5.84 Å². The third kappa shape index (κ3) is 2.97. The molecule has 0 aliphatic heterocycles. The Bertz CT molecular complexity index is 216. The van der Waals surface area contributed by atoms with Crippen molar-refractivity contribution in [3.8, 4) is 0 Å². The lowest BCUT2D eigenvalue weighted by molar-refractivity contribution is -0.498. The number of nitrogens with zero attached hydrogens (tertiary/aromatic N) is 1. The van der Waals surface area contributed by atoms with Gasteiger partial charge < -0.3 is 5.73 Å².